The maximum atomic E-state index is 12.3. The summed E-state index contributed by atoms with van der Waals surface area (Å²) < 4.78 is 0. The number of nitrogens with one attached hydrogen (secondary N) is 1. The van der Waals surface area contributed by atoms with E-state index >= 15 is 0 Å². The SMILES string of the molecule is CN(C)C(=O)c1ccc(N)cc1NC1CCCCCCC1. The molecule has 0 saturated heterocycles. The molecule has 1 saturated carbocycles. The summed E-state index contributed by atoms with van der Waals surface area (Å²) >= 11 is 0. The van der Waals surface area contributed by atoms with Gasteiger partial charge in [0.25, 0.3) is 5.91 Å². The van der Waals surface area contributed by atoms with E-state index in [0.717, 1.165) is 5.69 Å². The van der Waals surface area contributed by atoms with Gasteiger partial charge in [0.2, 0.25) is 0 Å². The van der Waals surface area contributed by atoms with Crippen molar-refractivity contribution in [3.8, 4) is 0 Å². The molecule has 1 fully saturated rings. The van der Waals surface area contributed by atoms with Gasteiger partial charge in [-0.3, -0.25) is 4.79 Å². The van der Waals surface area contributed by atoms with E-state index in [1.807, 2.05) is 12.1 Å². The van der Waals surface area contributed by atoms with Crippen molar-refractivity contribution in [1.29, 1.82) is 0 Å². The maximum absolute atomic E-state index is 12.3. The number of carbonyl (C=O) groups is 1. The number of nitrogen functional groups attached to an aromatic ring is 1. The molecule has 2 rings (SSSR count). The summed E-state index contributed by atoms with van der Waals surface area (Å²) in [6, 6.07) is 5.94. The molecule has 3 N–H and O–H groups in total. The Hall–Kier alpha value is -1.71. The van der Waals surface area contributed by atoms with Crippen LogP contribution in [0.5, 0.6) is 0 Å². The van der Waals surface area contributed by atoms with E-state index in [0.29, 0.717) is 17.3 Å². The van der Waals surface area contributed by atoms with E-state index in [1.165, 1.54) is 44.9 Å². The van der Waals surface area contributed by atoms with Crippen molar-refractivity contribution in [2.24, 2.45) is 0 Å². The van der Waals surface area contributed by atoms with Crippen molar-refractivity contribution in [2.75, 3.05) is 25.1 Å². The summed E-state index contributed by atoms with van der Waals surface area (Å²) in [7, 11) is 3.55. The van der Waals surface area contributed by atoms with Gasteiger partial charge in [0, 0.05) is 31.5 Å². The van der Waals surface area contributed by atoms with E-state index in [1.54, 1.807) is 25.1 Å². The smallest absolute Gasteiger partial charge is 0.255 e. The Labute approximate surface area is 127 Å². The molecule has 0 heterocycles. The Morgan fingerprint density at radius 3 is 2.38 bits per heavy atom. The zero-order valence-electron chi connectivity index (χ0n) is 13.2. The van der Waals surface area contributed by atoms with E-state index in [-0.39, 0.29) is 5.91 Å². The molecule has 0 spiro atoms. The third-order valence-electron chi connectivity index (χ3n) is 4.15. The molecule has 0 unspecified atom stereocenters. The van der Waals surface area contributed by atoms with Crippen molar-refractivity contribution in [3.63, 3.8) is 0 Å². The summed E-state index contributed by atoms with van der Waals surface area (Å²) in [5.74, 6) is 0.0170. The monoisotopic (exact) mass is 289 g/mol. The average Bonchev–Trinajstić information content (AvgIpc) is 2.41. The maximum Gasteiger partial charge on any atom is 0.255 e. The molecule has 0 aromatic heterocycles. The number of anilines is 2. The van der Waals surface area contributed by atoms with Gasteiger partial charge in [-0.1, -0.05) is 32.1 Å². The molecule has 1 aromatic rings. The highest BCUT2D eigenvalue weighted by Gasteiger charge is 2.17. The van der Waals surface area contributed by atoms with Gasteiger partial charge >= 0.3 is 0 Å². The first-order chi connectivity index (χ1) is 10.1. The fraction of sp³-hybridized carbons (Fsp3) is 0.588. The van der Waals surface area contributed by atoms with Crippen LogP contribution in [-0.2, 0) is 0 Å². The summed E-state index contributed by atoms with van der Waals surface area (Å²) in [4.78, 5) is 13.9. The molecule has 1 aliphatic rings. The van der Waals surface area contributed by atoms with Gasteiger partial charge in [0.05, 0.1) is 5.56 Å². The molecule has 4 nitrogen and oxygen atoms in total. The molecule has 4 heteroatoms. The Balaban J connectivity index is 2.16. The summed E-state index contributed by atoms with van der Waals surface area (Å²) in [6.45, 7) is 0. The highest BCUT2D eigenvalue weighted by atomic mass is 16.2. The molecular formula is C17H27N3O. The fourth-order valence-electron chi connectivity index (χ4n) is 2.93. The van der Waals surface area contributed by atoms with Crippen molar-refractivity contribution in [2.45, 2.75) is 51.0 Å². The van der Waals surface area contributed by atoms with Crippen LogP contribution >= 0.6 is 0 Å². The van der Waals surface area contributed by atoms with E-state index in [9.17, 15) is 4.79 Å². The van der Waals surface area contributed by atoms with Crippen LogP contribution in [0.2, 0.25) is 0 Å². The molecule has 1 aliphatic carbocycles. The summed E-state index contributed by atoms with van der Waals surface area (Å²) in [5.41, 5.74) is 8.17. The minimum Gasteiger partial charge on any atom is -0.399 e. The van der Waals surface area contributed by atoms with Crippen LogP contribution in [0.15, 0.2) is 18.2 Å². The fourth-order valence-corrected chi connectivity index (χ4v) is 2.93. The molecule has 1 aromatic carbocycles. The molecule has 0 bridgehead atoms. The third-order valence-corrected chi connectivity index (χ3v) is 4.15. The number of rotatable bonds is 3. The highest BCUT2D eigenvalue weighted by Crippen LogP contribution is 2.25. The first-order valence-electron chi connectivity index (χ1n) is 7.95. The van der Waals surface area contributed by atoms with E-state index in [2.05, 4.69) is 5.32 Å². The zero-order valence-corrected chi connectivity index (χ0v) is 13.2. The van der Waals surface area contributed by atoms with Gasteiger partial charge in [-0.05, 0) is 31.0 Å². The van der Waals surface area contributed by atoms with Gasteiger partial charge in [-0.15, -0.1) is 0 Å². The van der Waals surface area contributed by atoms with E-state index < -0.39 is 0 Å². The molecule has 0 aliphatic heterocycles. The molecule has 1 amide bonds. The number of amides is 1. The first-order valence-corrected chi connectivity index (χ1v) is 7.95. The van der Waals surface area contributed by atoms with Crippen LogP contribution in [0.25, 0.3) is 0 Å². The van der Waals surface area contributed by atoms with Gasteiger partial charge < -0.3 is 16.0 Å². The number of nitrogens with zero attached hydrogens (tertiary/aromatic N) is 1. The number of hydrogen-bond acceptors (Lipinski definition) is 3. The number of nitrogens with two attached hydrogens (primary N) is 1. The number of hydrogen-bond donors (Lipinski definition) is 2. The van der Waals surface area contributed by atoms with Crippen LogP contribution in [0.4, 0.5) is 11.4 Å². The topological polar surface area (TPSA) is 58.4 Å². The second-order valence-corrected chi connectivity index (χ2v) is 6.19. The molecule has 0 radical (unpaired) electrons. The van der Waals surface area contributed by atoms with Crippen molar-refractivity contribution in [1.82, 2.24) is 4.90 Å². The number of carbonyl (C=O) groups excluding carboxylic acids is 1. The van der Waals surface area contributed by atoms with Gasteiger partial charge in [-0.25, -0.2) is 0 Å². The van der Waals surface area contributed by atoms with Crippen molar-refractivity contribution < 1.29 is 4.79 Å². The summed E-state index contributed by atoms with van der Waals surface area (Å²) in [6.07, 6.45) is 8.86. The molecule has 0 atom stereocenters. The third kappa shape index (κ3) is 4.38. The lowest BCUT2D eigenvalue weighted by molar-refractivity contribution is 0.0828. The summed E-state index contributed by atoms with van der Waals surface area (Å²) in [5, 5.41) is 3.57. The molecule has 21 heavy (non-hydrogen) atoms. The van der Waals surface area contributed by atoms with Crippen LogP contribution < -0.4 is 11.1 Å². The minimum absolute atomic E-state index is 0.0170. The van der Waals surface area contributed by atoms with Gasteiger partial charge in [0.15, 0.2) is 0 Å². The zero-order chi connectivity index (χ0) is 15.2. The van der Waals surface area contributed by atoms with Crippen LogP contribution in [0, 0.1) is 0 Å². The van der Waals surface area contributed by atoms with E-state index in [4.69, 9.17) is 5.73 Å². The Morgan fingerprint density at radius 1 is 1.14 bits per heavy atom. The Kier molecular flexibility index (Phi) is 5.48. The van der Waals surface area contributed by atoms with Crippen LogP contribution in [0.1, 0.15) is 55.3 Å². The largest absolute Gasteiger partial charge is 0.399 e. The average molecular weight is 289 g/mol. The minimum atomic E-state index is 0.0170. The van der Waals surface area contributed by atoms with Crippen LogP contribution in [0.3, 0.4) is 0 Å². The number of benzene rings is 1. The lowest BCUT2D eigenvalue weighted by Gasteiger charge is -2.24. The van der Waals surface area contributed by atoms with Gasteiger partial charge in [-0.2, -0.15) is 0 Å². The lowest BCUT2D eigenvalue weighted by atomic mass is 9.96. The molecular weight excluding hydrogens is 262 g/mol. The lowest BCUT2D eigenvalue weighted by Crippen LogP contribution is -2.26. The predicted molar refractivity (Wildman–Crippen MR) is 88.6 cm³/mol. The molecule has 116 valence electrons. The first kappa shape index (κ1) is 15.7. The quantitative estimate of drug-likeness (QED) is 0.837. The standard InChI is InChI=1S/C17H27N3O/c1-20(2)17(21)15-11-10-13(18)12-16(15)19-14-8-6-4-3-5-7-9-14/h10-12,14,19H,3-9,18H2,1-2H3. The second-order valence-electron chi connectivity index (χ2n) is 6.19. The normalized spacial score (nSPS) is 16.9. The predicted octanol–water partition coefficient (Wildman–Crippen LogP) is 3.50. The van der Waals surface area contributed by atoms with Crippen molar-refractivity contribution >= 4 is 17.3 Å². The van der Waals surface area contributed by atoms with Crippen molar-refractivity contribution in [3.05, 3.63) is 23.8 Å². The highest BCUT2D eigenvalue weighted by molar-refractivity contribution is 6.00. The van der Waals surface area contributed by atoms with Crippen LogP contribution in [-0.4, -0.2) is 30.9 Å². The van der Waals surface area contributed by atoms with Gasteiger partial charge in [0.1, 0.15) is 0 Å². The Bertz CT molecular complexity index is 477. The Morgan fingerprint density at radius 2 is 1.76 bits per heavy atom. The second kappa shape index (κ2) is 7.34.